The van der Waals surface area contributed by atoms with Gasteiger partial charge in [-0.2, -0.15) is 5.10 Å². The van der Waals surface area contributed by atoms with E-state index in [0.717, 1.165) is 10.9 Å². The molecule has 8 nitrogen and oxygen atoms in total. The second kappa shape index (κ2) is 5.44. The summed E-state index contributed by atoms with van der Waals surface area (Å²) in [5.74, 6) is 4.49. The molecule has 0 fully saturated rings. The Hall–Kier alpha value is -3.23. The number of aromatic nitrogens is 4. The number of aromatic carboxylic acids is 1. The van der Waals surface area contributed by atoms with E-state index in [1.807, 2.05) is 24.3 Å². The average molecular weight is 323 g/mol. The van der Waals surface area contributed by atoms with Gasteiger partial charge in [0.1, 0.15) is 11.2 Å². The molecule has 2 heterocycles. The summed E-state index contributed by atoms with van der Waals surface area (Å²) in [6.07, 6.45) is 0. The van der Waals surface area contributed by atoms with Crippen molar-refractivity contribution in [3.05, 3.63) is 47.5 Å². The summed E-state index contributed by atoms with van der Waals surface area (Å²) in [5.41, 5.74) is 3.00. The molecule has 4 rings (SSSR count). The van der Waals surface area contributed by atoms with Gasteiger partial charge in [-0.1, -0.05) is 24.3 Å². The van der Waals surface area contributed by atoms with Crippen LogP contribution in [0.2, 0.25) is 0 Å². The number of carbonyl (C=O) groups is 1. The number of rotatable bonds is 4. The van der Waals surface area contributed by atoms with E-state index in [4.69, 9.17) is 5.90 Å². The molecule has 0 aliphatic heterocycles. The monoisotopic (exact) mass is 323 g/mol. The predicted octanol–water partition coefficient (Wildman–Crippen LogP) is 2.19. The largest absolute Gasteiger partial charge is 0.478 e. The highest BCUT2D eigenvalue weighted by Crippen LogP contribution is 2.28. The Kier molecular flexibility index (Phi) is 3.26. The van der Waals surface area contributed by atoms with E-state index in [2.05, 4.69) is 25.0 Å². The third kappa shape index (κ3) is 2.13. The van der Waals surface area contributed by atoms with Gasteiger partial charge in [0, 0.05) is 5.39 Å². The highest BCUT2D eigenvalue weighted by atomic mass is 16.6. The summed E-state index contributed by atoms with van der Waals surface area (Å²) < 4.78 is 0. The highest BCUT2D eigenvalue weighted by Gasteiger charge is 2.20. The number of imidazole rings is 1. The van der Waals surface area contributed by atoms with Crippen LogP contribution in [0, 0.1) is 0 Å². The Morgan fingerprint density at radius 2 is 2.04 bits per heavy atom. The summed E-state index contributed by atoms with van der Waals surface area (Å²) in [7, 11) is 0. The molecule has 0 spiro atoms. The van der Waals surface area contributed by atoms with Gasteiger partial charge in [-0.3, -0.25) is 9.94 Å². The van der Waals surface area contributed by atoms with Crippen molar-refractivity contribution in [1.29, 1.82) is 0 Å². The number of nitrogens with one attached hydrogen (secondary N) is 2. The molecule has 8 heteroatoms. The molecule has 0 saturated heterocycles. The first-order chi connectivity index (χ1) is 11.7. The van der Waals surface area contributed by atoms with Crippen molar-refractivity contribution in [1.82, 2.24) is 20.2 Å². The van der Waals surface area contributed by atoms with Crippen LogP contribution in [0.5, 0.6) is 0 Å². The van der Waals surface area contributed by atoms with E-state index in [1.54, 1.807) is 12.1 Å². The molecule has 0 amide bonds. The normalized spacial score (nSPS) is 11.4. The van der Waals surface area contributed by atoms with Crippen molar-refractivity contribution in [2.24, 2.45) is 5.90 Å². The second-order valence-corrected chi connectivity index (χ2v) is 5.32. The molecule has 2 aromatic carbocycles. The van der Waals surface area contributed by atoms with Crippen molar-refractivity contribution >= 4 is 27.9 Å². The van der Waals surface area contributed by atoms with E-state index >= 15 is 0 Å². The van der Waals surface area contributed by atoms with Crippen LogP contribution in [-0.2, 0) is 11.4 Å². The van der Waals surface area contributed by atoms with Gasteiger partial charge in [0.05, 0.1) is 23.2 Å². The zero-order valence-electron chi connectivity index (χ0n) is 12.4. The molecule has 120 valence electrons. The van der Waals surface area contributed by atoms with Crippen molar-refractivity contribution in [2.75, 3.05) is 0 Å². The van der Waals surface area contributed by atoms with Gasteiger partial charge in [0.15, 0.2) is 5.82 Å². The number of carboxylic acids is 1. The molecule has 4 aromatic rings. The molecule has 0 aliphatic rings. The number of carboxylic acid groups (broad SMARTS) is 1. The number of nitrogens with two attached hydrogens (primary N) is 1. The molecule has 24 heavy (non-hydrogen) atoms. The number of hydrogen-bond acceptors (Lipinski definition) is 5. The Labute approximate surface area is 135 Å². The first-order valence-corrected chi connectivity index (χ1v) is 7.19. The Morgan fingerprint density at radius 3 is 2.83 bits per heavy atom. The quantitative estimate of drug-likeness (QED) is 0.426. The average Bonchev–Trinajstić information content (AvgIpc) is 3.17. The maximum Gasteiger partial charge on any atom is 0.338 e. The van der Waals surface area contributed by atoms with Crippen molar-refractivity contribution in [3.63, 3.8) is 0 Å². The zero-order valence-corrected chi connectivity index (χ0v) is 12.4. The zero-order chi connectivity index (χ0) is 16.7. The number of aromatic amines is 2. The number of hydrogen-bond donors (Lipinski definition) is 4. The number of nitrogens with zero attached hydrogens (tertiary/aromatic N) is 2. The molecule has 0 atom stereocenters. The molecular weight excluding hydrogens is 310 g/mol. The minimum absolute atomic E-state index is 0.00883. The lowest BCUT2D eigenvalue weighted by Crippen LogP contribution is -2.07. The first-order valence-electron chi connectivity index (χ1n) is 7.19. The smallest absolute Gasteiger partial charge is 0.338 e. The van der Waals surface area contributed by atoms with Gasteiger partial charge in [0.25, 0.3) is 0 Å². The van der Waals surface area contributed by atoms with Gasteiger partial charge in [-0.05, 0) is 17.7 Å². The molecule has 5 N–H and O–H groups in total. The van der Waals surface area contributed by atoms with Crippen LogP contribution < -0.4 is 5.90 Å². The fraction of sp³-hybridized carbons (Fsp3) is 0.0625. The fourth-order valence-electron chi connectivity index (χ4n) is 2.82. The SMILES string of the molecule is NOCc1ccc2[nH]c(-c3n[nH]c4ccccc34)nc2c1C(=O)O. The van der Waals surface area contributed by atoms with Crippen LogP contribution in [-0.4, -0.2) is 31.2 Å². The summed E-state index contributed by atoms with van der Waals surface area (Å²) in [6.45, 7) is -0.00883. The molecule has 0 bridgehead atoms. The minimum Gasteiger partial charge on any atom is -0.478 e. The van der Waals surface area contributed by atoms with Gasteiger partial charge in [-0.25, -0.2) is 15.7 Å². The van der Waals surface area contributed by atoms with Crippen molar-refractivity contribution in [3.8, 4) is 11.5 Å². The van der Waals surface area contributed by atoms with Crippen molar-refractivity contribution in [2.45, 2.75) is 6.61 Å². The second-order valence-electron chi connectivity index (χ2n) is 5.32. The minimum atomic E-state index is -1.09. The van der Waals surface area contributed by atoms with E-state index in [0.29, 0.717) is 28.1 Å². The third-order valence-electron chi connectivity index (χ3n) is 3.89. The van der Waals surface area contributed by atoms with Gasteiger partial charge in [0.2, 0.25) is 0 Å². The van der Waals surface area contributed by atoms with E-state index in [-0.39, 0.29) is 12.2 Å². The summed E-state index contributed by atoms with van der Waals surface area (Å²) in [5, 5.41) is 17.7. The van der Waals surface area contributed by atoms with Crippen LogP contribution in [0.15, 0.2) is 36.4 Å². The standard InChI is InChI=1S/C16H13N5O3/c17-24-7-8-5-6-11-14(12(8)16(22)23)19-15(18-11)13-9-3-1-2-4-10(9)20-21-13/h1-6H,7,17H2,(H,18,19)(H,20,21)(H,22,23). The summed E-state index contributed by atoms with van der Waals surface area (Å²) in [6, 6.07) is 11.1. The van der Waals surface area contributed by atoms with E-state index < -0.39 is 5.97 Å². The van der Waals surface area contributed by atoms with Crippen LogP contribution in [0.25, 0.3) is 33.5 Å². The Morgan fingerprint density at radius 1 is 1.21 bits per heavy atom. The molecule has 0 saturated carbocycles. The lowest BCUT2D eigenvalue weighted by Gasteiger charge is -2.04. The maximum atomic E-state index is 11.6. The highest BCUT2D eigenvalue weighted by molar-refractivity contribution is 6.03. The lowest BCUT2D eigenvalue weighted by molar-refractivity contribution is 0.0690. The van der Waals surface area contributed by atoms with E-state index in [9.17, 15) is 9.90 Å². The molecule has 0 unspecified atom stereocenters. The van der Waals surface area contributed by atoms with Crippen LogP contribution >= 0.6 is 0 Å². The van der Waals surface area contributed by atoms with Crippen LogP contribution in [0.3, 0.4) is 0 Å². The van der Waals surface area contributed by atoms with Gasteiger partial charge < -0.3 is 10.1 Å². The predicted molar refractivity (Wildman–Crippen MR) is 87.1 cm³/mol. The molecular formula is C16H13N5O3. The fourth-order valence-corrected chi connectivity index (χ4v) is 2.82. The first kappa shape index (κ1) is 14.4. The summed E-state index contributed by atoms with van der Waals surface area (Å²) >= 11 is 0. The third-order valence-corrected chi connectivity index (χ3v) is 3.89. The maximum absolute atomic E-state index is 11.6. The van der Waals surface area contributed by atoms with Crippen LogP contribution in [0.1, 0.15) is 15.9 Å². The summed E-state index contributed by atoms with van der Waals surface area (Å²) in [4.78, 5) is 23.8. The Balaban J connectivity index is 1.95. The number of H-pyrrole nitrogens is 2. The topological polar surface area (TPSA) is 130 Å². The van der Waals surface area contributed by atoms with Crippen LogP contribution in [0.4, 0.5) is 0 Å². The lowest BCUT2D eigenvalue weighted by atomic mass is 10.1. The molecule has 0 aliphatic carbocycles. The van der Waals surface area contributed by atoms with E-state index in [1.165, 1.54) is 0 Å². The van der Waals surface area contributed by atoms with Gasteiger partial charge in [-0.15, -0.1) is 0 Å². The van der Waals surface area contributed by atoms with Crippen molar-refractivity contribution < 1.29 is 14.7 Å². The van der Waals surface area contributed by atoms with Gasteiger partial charge >= 0.3 is 5.97 Å². The number of fused-ring (bicyclic) bond motifs is 2. The molecule has 0 radical (unpaired) electrons. The number of benzene rings is 2. The Bertz CT molecular complexity index is 1070. The number of para-hydroxylation sites is 1. The molecule has 2 aromatic heterocycles.